The van der Waals surface area contributed by atoms with Gasteiger partial charge < -0.3 is 38.7 Å². The maximum absolute atomic E-state index is 15.7. The molecular weight excluding hydrogens is 1070 g/mol. The van der Waals surface area contributed by atoms with E-state index in [9.17, 15) is 14.4 Å². The van der Waals surface area contributed by atoms with Crippen LogP contribution < -0.4 is 40.5 Å². The van der Waals surface area contributed by atoms with E-state index in [2.05, 4.69) is 38.7 Å². The molecule has 0 N–H and O–H groups in total. The number of fused-ring (bicyclic) bond motifs is 2. The topological polar surface area (TPSA) is 157 Å². The Balaban J connectivity index is 0.000000202. The minimum Gasteiger partial charge on any atom is -0.494 e. The van der Waals surface area contributed by atoms with Gasteiger partial charge in [0.25, 0.3) is 0 Å². The second-order valence-corrected chi connectivity index (χ2v) is 23.9. The van der Waals surface area contributed by atoms with Crippen molar-refractivity contribution in [2.24, 2.45) is 5.92 Å². The molecule has 4 aliphatic heterocycles. The van der Waals surface area contributed by atoms with Crippen molar-refractivity contribution in [3.05, 3.63) is 139 Å². The van der Waals surface area contributed by atoms with Crippen LogP contribution in [-0.2, 0) is 30.7 Å². The summed E-state index contributed by atoms with van der Waals surface area (Å²) in [6.07, 6.45) is 5.46. The van der Waals surface area contributed by atoms with E-state index in [1.165, 1.54) is 60.0 Å². The number of halogens is 4. The SMILES string of the molecule is COc1cccc(F)c1N1CCc2c(N3C[C@@H](C)CC[C@@H]3C)nc(=O)n(-c3c(F)ccnc3C(C)C)c2C1.COc1cccc(F)c1N1CCc2c(N3C[C@@H](C)N(C(=O)OC(C)(C)C)C[C@@H]3C)nc(=O)n(-c3c(F)ccnc3C(C)C)c2C1. The molecule has 444 valence electrons. The van der Waals surface area contributed by atoms with Crippen LogP contribution in [0.4, 0.5) is 45.4 Å². The number of rotatable bonds is 10. The standard InChI is InChI=1S/C33H42F2N6O4.C29H35F2N5O2/c1-19(2)27-29(24(35)12-14-36-27)41-25-18-38(28-23(34)10-9-11-26(28)44-8)15-13-22(25)30(37-31(41)42)39-16-21(4)40(17-20(39)3)32(43)45-33(5,6)7;1-17(2)25-27(22(31)11-13-32-25)36-23-16-34(26-21(30)7-6-8-24(26)38-5)14-12-20(23)28(33-29(36)37)35-15-18(3)9-10-19(35)4/h9-12,14,19-21H,13,15-18H2,1-8H3;6-8,11,13,17-19H,9-10,12,14-16H2,1-5H3/t20-,21+;18-,19-/m00/s1. The van der Waals surface area contributed by atoms with Crippen molar-refractivity contribution < 1.29 is 36.6 Å². The van der Waals surface area contributed by atoms with Gasteiger partial charge in [-0.1, -0.05) is 46.8 Å². The molecule has 2 aromatic carbocycles. The van der Waals surface area contributed by atoms with E-state index in [1.54, 1.807) is 29.2 Å². The zero-order valence-corrected chi connectivity index (χ0v) is 49.9. The number of aromatic nitrogens is 6. The second-order valence-electron chi connectivity index (χ2n) is 23.9. The summed E-state index contributed by atoms with van der Waals surface area (Å²) in [7, 11) is 2.99. The number of anilines is 4. The third-order valence-corrected chi connectivity index (χ3v) is 16.1. The summed E-state index contributed by atoms with van der Waals surface area (Å²) < 4.78 is 80.9. The smallest absolute Gasteiger partial charge is 0.410 e. The summed E-state index contributed by atoms with van der Waals surface area (Å²) in [5, 5.41) is 0. The first-order valence-electron chi connectivity index (χ1n) is 28.7. The molecule has 6 aromatic rings. The van der Waals surface area contributed by atoms with Crippen LogP contribution in [0.15, 0.2) is 70.5 Å². The van der Waals surface area contributed by atoms with Crippen LogP contribution in [0.2, 0.25) is 0 Å². The van der Waals surface area contributed by atoms with Crippen molar-refractivity contribution in [3.8, 4) is 22.9 Å². The number of carbonyl (C=O) groups excluding carboxylic acids is 1. The minimum atomic E-state index is -0.658. The van der Waals surface area contributed by atoms with Gasteiger partial charge in [-0.2, -0.15) is 9.97 Å². The lowest BCUT2D eigenvalue weighted by Gasteiger charge is -2.46. The first-order valence-corrected chi connectivity index (χ1v) is 28.7. The van der Waals surface area contributed by atoms with Crippen molar-refractivity contribution in [3.63, 3.8) is 0 Å². The molecule has 2 fully saturated rings. The van der Waals surface area contributed by atoms with Crippen LogP contribution in [0.25, 0.3) is 11.4 Å². The Hall–Kier alpha value is -7.71. The van der Waals surface area contributed by atoms with E-state index < -0.39 is 46.3 Å². The third-order valence-electron chi connectivity index (χ3n) is 16.1. The molecule has 0 aliphatic carbocycles. The van der Waals surface area contributed by atoms with E-state index in [4.69, 9.17) is 14.2 Å². The monoisotopic (exact) mass is 1150 g/mol. The number of methoxy groups -OCH3 is 2. The lowest BCUT2D eigenvalue weighted by molar-refractivity contribution is 0.0129. The highest BCUT2D eigenvalue weighted by molar-refractivity contribution is 5.70. The Morgan fingerprint density at radius 2 is 1.04 bits per heavy atom. The fraction of sp³-hybridized carbons (Fsp3) is 0.500. The van der Waals surface area contributed by atoms with E-state index in [1.807, 2.05) is 77.0 Å². The van der Waals surface area contributed by atoms with Gasteiger partial charge in [-0.25, -0.2) is 31.9 Å². The van der Waals surface area contributed by atoms with Crippen LogP contribution in [0.5, 0.6) is 11.5 Å². The number of hydrogen-bond donors (Lipinski definition) is 0. The fourth-order valence-electron chi connectivity index (χ4n) is 12.0. The summed E-state index contributed by atoms with van der Waals surface area (Å²) in [4.78, 5) is 68.5. The molecule has 83 heavy (non-hydrogen) atoms. The molecule has 0 bridgehead atoms. The van der Waals surface area contributed by atoms with Gasteiger partial charge in [0.2, 0.25) is 0 Å². The Bertz CT molecular complexity index is 3510. The molecule has 21 heteroatoms. The van der Waals surface area contributed by atoms with Gasteiger partial charge >= 0.3 is 17.5 Å². The molecule has 0 saturated carbocycles. The minimum absolute atomic E-state index is 0.0475. The highest BCUT2D eigenvalue weighted by atomic mass is 19.1. The van der Waals surface area contributed by atoms with Gasteiger partial charge in [-0.15, -0.1) is 0 Å². The first-order chi connectivity index (χ1) is 39.4. The van der Waals surface area contributed by atoms with Crippen LogP contribution in [0.1, 0.15) is 135 Å². The number of para-hydroxylation sites is 2. The predicted octanol–water partition coefficient (Wildman–Crippen LogP) is 10.7. The first kappa shape index (κ1) is 59.9. The summed E-state index contributed by atoms with van der Waals surface area (Å²) in [6, 6.07) is 11.6. The molecule has 0 unspecified atom stereocenters. The number of piperazine rings is 1. The van der Waals surface area contributed by atoms with Crippen LogP contribution in [0.3, 0.4) is 0 Å². The fourth-order valence-corrected chi connectivity index (χ4v) is 12.0. The number of nitrogens with zero attached hydrogens (tertiary/aromatic N) is 11. The number of benzene rings is 2. The van der Waals surface area contributed by atoms with Gasteiger partial charge in [0.05, 0.1) is 50.1 Å². The quantitative estimate of drug-likeness (QED) is 0.119. The molecule has 8 heterocycles. The Morgan fingerprint density at radius 1 is 0.590 bits per heavy atom. The number of amides is 1. The predicted molar refractivity (Wildman–Crippen MR) is 313 cm³/mol. The van der Waals surface area contributed by atoms with E-state index in [0.29, 0.717) is 96.5 Å². The van der Waals surface area contributed by atoms with E-state index >= 15 is 17.6 Å². The van der Waals surface area contributed by atoms with E-state index in [-0.39, 0.29) is 60.1 Å². The highest BCUT2D eigenvalue weighted by Crippen LogP contribution is 2.41. The Kier molecular flexibility index (Phi) is 17.5. The van der Waals surface area contributed by atoms with Crippen molar-refractivity contribution in [1.82, 2.24) is 34.0 Å². The molecule has 10 rings (SSSR count). The molecule has 4 aliphatic rings. The van der Waals surface area contributed by atoms with Crippen LogP contribution in [-0.4, -0.2) is 111 Å². The number of piperidine rings is 1. The molecule has 0 radical (unpaired) electrons. The number of carbonyl (C=O) groups is 1. The summed E-state index contributed by atoms with van der Waals surface area (Å²) >= 11 is 0. The van der Waals surface area contributed by atoms with Crippen molar-refractivity contribution in [1.29, 1.82) is 0 Å². The maximum atomic E-state index is 15.7. The molecule has 17 nitrogen and oxygen atoms in total. The van der Waals surface area contributed by atoms with Crippen molar-refractivity contribution in [2.45, 2.75) is 150 Å². The molecular formula is C62H77F4N11O6. The Morgan fingerprint density at radius 3 is 1.47 bits per heavy atom. The molecule has 0 spiro atoms. The zero-order valence-electron chi connectivity index (χ0n) is 49.9. The lowest BCUT2D eigenvalue weighted by atomic mass is 9.93. The van der Waals surface area contributed by atoms with Crippen LogP contribution >= 0.6 is 0 Å². The molecule has 4 aromatic heterocycles. The normalized spacial score (nSPS) is 19.1. The van der Waals surface area contributed by atoms with Gasteiger partial charge in [-0.3, -0.25) is 19.1 Å². The van der Waals surface area contributed by atoms with Crippen molar-refractivity contribution >= 4 is 29.1 Å². The van der Waals surface area contributed by atoms with Gasteiger partial charge in [-0.05, 0) is 121 Å². The average molecular weight is 1150 g/mol. The largest absolute Gasteiger partial charge is 0.494 e. The maximum Gasteiger partial charge on any atom is 0.410 e. The highest BCUT2D eigenvalue weighted by Gasteiger charge is 2.40. The Labute approximate surface area is 482 Å². The lowest BCUT2D eigenvalue weighted by Crippen LogP contribution is -2.59. The van der Waals surface area contributed by atoms with Crippen LogP contribution in [0, 0.1) is 29.2 Å². The molecule has 4 atom stereocenters. The summed E-state index contributed by atoms with van der Waals surface area (Å²) in [5.74, 6) is 0.0656. The van der Waals surface area contributed by atoms with Gasteiger partial charge in [0.1, 0.15) is 63.1 Å². The van der Waals surface area contributed by atoms with E-state index in [0.717, 1.165) is 30.5 Å². The second kappa shape index (κ2) is 24.2. The average Bonchev–Trinajstić information content (AvgIpc) is 3.05. The number of hydrogen-bond acceptors (Lipinski definition) is 14. The van der Waals surface area contributed by atoms with Gasteiger partial charge in [0.15, 0.2) is 11.6 Å². The van der Waals surface area contributed by atoms with Gasteiger partial charge in [0, 0.05) is 74.4 Å². The summed E-state index contributed by atoms with van der Waals surface area (Å²) in [6.45, 7) is 24.1. The third kappa shape index (κ3) is 11.9. The zero-order chi connectivity index (χ0) is 59.9. The molecule has 1 amide bonds. The summed E-state index contributed by atoms with van der Waals surface area (Å²) in [5.41, 5.74) is 2.59. The molecule has 2 saturated heterocycles. The van der Waals surface area contributed by atoms with Crippen molar-refractivity contribution in [2.75, 3.05) is 66.5 Å². The number of ether oxygens (including phenoxy) is 3. The number of pyridine rings is 2.